The van der Waals surface area contributed by atoms with Gasteiger partial charge in [0.2, 0.25) is 0 Å². The number of hydrogen-bond donors (Lipinski definition) is 1. The van der Waals surface area contributed by atoms with E-state index in [1.807, 2.05) is 7.11 Å². The Kier molecular flexibility index (Phi) is 8.07. The second kappa shape index (κ2) is 8.12. The number of rotatable bonds is 9. The van der Waals surface area contributed by atoms with Gasteiger partial charge in [0, 0.05) is 12.6 Å². The maximum Gasteiger partial charge on any atom is 0.0571 e. The summed E-state index contributed by atoms with van der Waals surface area (Å²) in [5.41, 5.74) is 0.285. The molecule has 0 heterocycles. The molecule has 1 atom stereocenters. The summed E-state index contributed by atoms with van der Waals surface area (Å²) in [5.74, 6) is 0. The lowest BCUT2D eigenvalue weighted by atomic mass is 10.0. The van der Waals surface area contributed by atoms with Gasteiger partial charge in [-0.15, -0.1) is 0 Å². The van der Waals surface area contributed by atoms with E-state index in [9.17, 15) is 0 Å². The first kappa shape index (κ1) is 14.9. The highest BCUT2D eigenvalue weighted by Gasteiger charge is 2.13. The van der Waals surface area contributed by atoms with Crippen molar-refractivity contribution in [1.29, 1.82) is 0 Å². The average Bonchev–Trinajstić information content (AvgIpc) is 2.22. The Bertz CT molecular complexity index is 145. The van der Waals surface area contributed by atoms with Crippen molar-refractivity contribution in [1.82, 2.24) is 5.32 Å². The summed E-state index contributed by atoms with van der Waals surface area (Å²) < 4.78 is 5.42. The van der Waals surface area contributed by atoms with E-state index >= 15 is 0 Å². The highest BCUT2D eigenvalue weighted by atomic mass is 16.5. The van der Waals surface area contributed by atoms with Crippen LogP contribution in [0.1, 0.15) is 59.8 Å². The summed E-state index contributed by atoms with van der Waals surface area (Å²) in [6.45, 7) is 10.1. The lowest BCUT2D eigenvalue weighted by Gasteiger charge is -2.25. The first-order valence-corrected chi connectivity index (χ1v) is 6.33. The van der Waals surface area contributed by atoms with Gasteiger partial charge in [-0.25, -0.2) is 0 Å². The predicted molar refractivity (Wildman–Crippen MR) is 67.3 cm³/mol. The van der Waals surface area contributed by atoms with Gasteiger partial charge in [0.1, 0.15) is 0 Å². The number of ether oxygens (including phenoxy) is 1. The van der Waals surface area contributed by atoms with Crippen molar-refractivity contribution in [2.24, 2.45) is 0 Å². The Labute approximate surface area is 95.8 Å². The van der Waals surface area contributed by atoms with E-state index in [2.05, 4.69) is 33.0 Å². The zero-order valence-electron chi connectivity index (χ0n) is 11.2. The molecular formula is C13H29NO. The molecule has 15 heavy (non-hydrogen) atoms. The van der Waals surface area contributed by atoms with Gasteiger partial charge in [-0.3, -0.25) is 0 Å². The lowest BCUT2D eigenvalue weighted by Crippen LogP contribution is -2.39. The minimum Gasteiger partial charge on any atom is -0.381 e. The van der Waals surface area contributed by atoms with Gasteiger partial charge in [0.25, 0.3) is 0 Å². The van der Waals surface area contributed by atoms with Crippen molar-refractivity contribution in [2.45, 2.75) is 71.4 Å². The van der Waals surface area contributed by atoms with Crippen LogP contribution >= 0.6 is 0 Å². The van der Waals surface area contributed by atoms with Crippen molar-refractivity contribution < 1.29 is 4.74 Å². The van der Waals surface area contributed by atoms with Gasteiger partial charge in [-0.05, 0) is 46.1 Å². The summed E-state index contributed by atoms with van der Waals surface area (Å²) in [6.07, 6.45) is 6.43. The average molecular weight is 215 g/mol. The van der Waals surface area contributed by atoms with E-state index in [0.29, 0.717) is 6.10 Å². The molecule has 2 nitrogen and oxygen atoms in total. The SMILES string of the molecule is CCCC(CCCNC(C)(C)CC)OC. The standard InChI is InChI=1S/C13H29NO/c1-6-9-12(15-5)10-8-11-14-13(3,4)7-2/h12,14H,6-11H2,1-5H3. The van der Waals surface area contributed by atoms with Crippen LogP contribution in [0.25, 0.3) is 0 Å². The van der Waals surface area contributed by atoms with Crippen LogP contribution < -0.4 is 5.32 Å². The number of methoxy groups -OCH3 is 1. The van der Waals surface area contributed by atoms with Crippen molar-refractivity contribution in [3.05, 3.63) is 0 Å². The molecule has 0 aliphatic rings. The Morgan fingerprint density at radius 3 is 2.33 bits per heavy atom. The van der Waals surface area contributed by atoms with Gasteiger partial charge < -0.3 is 10.1 Å². The molecule has 0 aromatic rings. The van der Waals surface area contributed by atoms with Crippen LogP contribution in [-0.4, -0.2) is 25.3 Å². The van der Waals surface area contributed by atoms with Crippen LogP contribution in [0.2, 0.25) is 0 Å². The van der Waals surface area contributed by atoms with Crippen LogP contribution in [0.15, 0.2) is 0 Å². The highest BCUT2D eigenvalue weighted by molar-refractivity contribution is 4.75. The summed E-state index contributed by atoms with van der Waals surface area (Å²) in [5, 5.41) is 3.57. The van der Waals surface area contributed by atoms with Gasteiger partial charge in [-0.1, -0.05) is 20.3 Å². The lowest BCUT2D eigenvalue weighted by molar-refractivity contribution is 0.0850. The van der Waals surface area contributed by atoms with Gasteiger partial charge in [0.05, 0.1) is 6.10 Å². The maximum absolute atomic E-state index is 5.42. The molecule has 0 aliphatic carbocycles. The molecule has 0 aromatic carbocycles. The molecule has 0 radical (unpaired) electrons. The first-order chi connectivity index (χ1) is 7.05. The van der Waals surface area contributed by atoms with E-state index in [-0.39, 0.29) is 5.54 Å². The molecule has 0 amide bonds. The van der Waals surface area contributed by atoms with E-state index in [4.69, 9.17) is 4.74 Å². The third kappa shape index (κ3) is 7.80. The van der Waals surface area contributed by atoms with Gasteiger partial charge in [0.15, 0.2) is 0 Å². The molecule has 0 spiro atoms. The molecule has 0 aromatic heterocycles. The van der Waals surface area contributed by atoms with Crippen LogP contribution in [0, 0.1) is 0 Å². The molecule has 0 saturated carbocycles. The van der Waals surface area contributed by atoms with Crippen molar-refractivity contribution in [2.75, 3.05) is 13.7 Å². The quantitative estimate of drug-likeness (QED) is 0.595. The summed E-state index contributed by atoms with van der Waals surface area (Å²) in [7, 11) is 1.82. The number of hydrogen-bond acceptors (Lipinski definition) is 2. The minimum atomic E-state index is 0.285. The summed E-state index contributed by atoms with van der Waals surface area (Å²) >= 11 is 0. The zero-order chi connectivity index (χ0) is 11.7. The van der Waals surface area contributed by atoms with Crippen molar-refractivity contribution in [3.63, 3.8) is 0 Å². The largest absolute Gasteiger partial charge is 0.381 e. The molecule has 0 fully saturated rings. The van der Waals surface area contributed by atoms with E-state index < -0.39 is 0 Å². The molecule has 1 unspecified atom stereocenters. The Balaban J connectivity index is 3.52. The van der Waals surface area contributed by atoms with Gasteiger partial charge >= 0.3 is 0 Å². The van der Waals surface area contributed by atoms with Crippen LogP contribution in [0.4, 0.5) is 0 Å². The monoisotopic (exact) mass is 215 g/mol. The molecule has 2 heteroatoms. The number of nitrogens with one attached hydrogen (secondary N) is 1. The van der Waals surface area contributed by atoms with Gasteiger partial charge in [-0.2, -0.15) is 0 Å². The molecular weight excluding hydrogens is 186 g/mol. The minimum absolute atomic E-state index is 0.285. The Morgan fingerprint density at radius 1 is 1.20 bits per heavy atom. The second-order valence-electron chi connectivity index (χ2n) is 4.95. The highest BCUT2D eigenvalue weighted by Crippen LogP contribution is 2.10. The fourth-order valence-electron chi connectivity index (χ4n) is 1.58. The maximum atomic E-state index is 5.42. The third-order valence-corrected chi connectivity index (χ3v) is 3.13. The van der Waals surface area contributed by atoms with Crippen LogP contribution in [0.3, 0.4) is 0 Å². The Morgan fingerprint density at radius 2 is 1.87 bits per heavy atom. The van der Waals surface area contributed by atoms with E-state index in [1.54, 1.807) is 0 Å². The summed E-state index contributed by atoms with van der Waals surface area (Å²) in [6, 6.07) is 0. The van der Waals surface area contributed by atoms with E-state index in [0.717, 1.165) is 6.54 Å². The van der Waals surface area contributed by atoms with Crippen LogP contribution in [0.5, 0.6) is 0 Å². The third-order valence-electron chi connectivity index (χ3n) is 3.13. The molecule has 1 N–H and O–H groups in total. The summed E-state index contributed by atoms with van der Waals surface area (Å²) in [4.78, 5) is 0. The van der Waals surface area contributed by atoms with E-state index in [1.165, 1.54) is 32.1 Å². The molecule has 0 bridgehead atoms. The first-order valence-electron chi connectivity index (χ1n) is 6.33. The molecule has 0 aliphatic heterocycles. The Hall–Kier alpha value is -0.0800. The molecule has 0 saturated heterocycles. The zero-order valence-corrected chi connectivity index (χ0v) is 11.2. The molecule has 92 valence electrons. The smallest absolute Gasteiger partial charge is 0.0571 e. The van der Waals surface area contributed by atoms with Crippen molar-refractivity contribution in [3.8, 4) is 0 Å². The van der Waals surface area contributed by atoms with Crippen LogP contribution in [-0.2, 0) is 4.74 Å². The fraction of sp³-hybridized carbons (Fsp3) is 1.00. The second-order valence-corrected chi connectivity index (χ2v) is 4.95. The predicted octanol–water partition coefficient (Wildman–Crippen LogP) is 3.36. The van der Waals surface area contributed by atoms with Crippen molar-refractivity contribution >= 4 is 0 Å². The molecule has 0 rings (SSSR count). The fourth-order valence-corrected chi connectivity index (χ4v) is 1.58. The normalized spacial score (nSPS) is 14.2. The topological polar surface area (TPSA) is 21.3 Å².